The highest BCUT2D eigenvalue weighted by atomic mass is 32.2. The maximum atomic E-state index is 12.6. The van der Waals surface area contributed by atoms with Crippen LogP contribution in [0.2, 0.25) is 0 Å². The summed E-state index contributed by atoms with van der Waals surface area (Å²) in [5, 5.41) is 12.7. The molecular formula is C17H23N5O4S2. The molecule has 0 aliphatic heterocycles. The number of sulfonamides is 1. The minimum absolute atomic E-state index is 0.0751. The predicted molar refractivity (Wildman–Crippen MR) is 108 cm³/mol. The molecule has 0 atom stereocenters. The van der Waals surface area contributed by atoms with Gasteiger partial charge in [-0.05, 0) is 26.0 Å². The average Bonchev–Trinajstić information content (AvgIpc) is 3.03. The molecule has 2 aromatic rings. The van der Waals surface area contributed by atoms with E-state index in [9.17, 15) is 18.0 Å². The monoisotopic (exact) mass is 425 g/mol. The summed E-state index contributed by atoms with van der Waals surface area (Å²) >= 11 is 0.723. The number of nitrogens with one attached hydrogen (secondary N) is 3. The Morgan fingerprint density at radius 3 is 2.36 bits per heavy atom. The Balaban J connectivity index is 2.24. The van der Waals surface area contributed by atoms with Gasteiger partial charge in [0.1, 0.15) is 0 Å². The molecule has 0 unspecified atom stereocenters. The van der Waals surface area contributed by atoms with Crippen LogP contribution < -0.4 is 15.4 Å². The van der Waals surface area contributed by atoms with Crippen LogP contribution in [0.4, 0.5) is 10.8 Å². The van der Waals surface area contributed by atoms with Crippen molar-refractivity contribution in [2.45, 2.75) is 45.0 Å². The third kappa shape index (κ3) is 5.49. The fraction of sp³-hybridized carbons (Fsp3) is 0.412. The molecule has 0 saturated carbocycles. The zero-order chi connectivity index (χ0) is 21.1. The van der Waals surface area contributed by atoms with Gasteiger partial charge in [-0.3, -0.25) is 14.3 Å². The SMILES string of the molecule is CC(C)NC(=O)c1ccccc1NS(=O)(=O)c1nnc(NC(=O)C(C)(C)C)s1. The molecule has 1 aromatic heterocycles. The zero-order valence-corrected chi connectivity index (χ0v) is 17.9. The second-order valence-electron chi connectivity index (χ2n) is 7.36. The first-order valence-corrected chi connectivity index (χ1v) is 10.8. The molecule has 28 heavy (non-hydrogen) atoms. The van der Waals surface area contributed by atoms with E-state index in [0.717, 1.165) is 11.3 Å². The van der Waals surface area contributed by atoms with Gasteiger partial charge in [-0.1, -0.05) is 44.2 Å². The molecule has 2 amide bonds. The summed E-state index contributed by atoms with van der Waals surface area (Å²) in [5.41, 5.74) is -0.354. The molecule has 1 aromatic carbocycles. The predicted octanol–water partition coefficient (Wildman–Crippen LogP) is 2.46. The van der Waals surface area contributed by atoms with Gasteiger partial charge < -0.3 is 10.6 Å². The highest BCUT2D eigenvalue weighted by Crippen LogP contribution is 2.26. The molecule has 1 heterocycles. The van der Waals surface area contributed by atoms with E-state index in [1.165, 1.54) is 12.1 Å². The minimum atomic E-state index is -4.08. The molecule has 0 bridgehead atoms. The number of anilines is 2. The Hall–Kier alpha value is -2.53. The van der Waals surface area contributed by atoms with Crippen LogP contribution in [0.25, 0.3) is 0 Å². The van der Waals surface area contributed by atoms with E-state index in [0.29, 0.717) is 0 Å². The lowest BCUT2D eigenvalue weighted by atomic mass is 9.96. The van der Waals surface area contributed by atoms with Gasteiger partial charge in [0.05, 0.1) is 11.3 Å². The van der Waals surface area contributed by atoms with Crippen LogP contribution in [0.5, 0.6) is 0 Å². The van der Waals surface area contributed by atoms with Crippen LogP contribution in [-0.4, -0.2) is 36.5 Å². The highest BCUT2D eigenvalue weighted by molar-refractivity contribution is 7.94. The van der Waals surface area contributed by atoms with Crippen molar-refractivity contribution in [3.05, 3.63) is 29.8 Å². The van der Waals surface area contributed by atoms with Crippen LogP contribution in [0.15, 0.2) is 28.6 Å². The number of para-hydroxylation sites is 1. The number of hydrogen-bond acceptors (Lipinski definition) is 7. The average molecular weight is 426 g/mol. The number of carbonyl (C=O) groups excluding carboxylic acids is 2. The lowest BCUT2D eigenvalue weighted by Crippen LogP contribution is -2.31. The van der Waals surface area contributed by atoms with Crippen molar-refractivity contribution in [1.29, 1.82) is 0 Å². The molecule has 2 rings (SSSR count). The number of amides is 2. The van der Waals surface area contributed by atoms with E-state index < -0.39 is 21.3 Å². The zero-order valence-electron chi connectivity index (χ0n) is 16.2. The third-order valence-electron chi connectivity index (χ3n) is 3.37. The molecule has 0 saturated heterocycles. The Bertz CT molecular complexity index is 977. The van der Waals surface area contributed by atoms with Crippen molar-refractivity contribution in [2.24, 2.45) is 5.41 Å². The largest absolute Gasteiger partial charge is 0.350 e. The number of benzene rings is 1. The van der Waals surface area contributed by atoms with Crippen molar-refractivity contribution in [2.75, 3.05) is 10.0 Å². The molecule has 0 radical (unpaired) electrons. The number of carbonyl (C=O) groups is 2. The Morgan fingerprint density at radius 1 is 1.11 bits per heavy atom. The highest BCUT2D eigenvalue weighted by Gasteiger charge is 2.26. The summed E-state index contributed by atoms with van der Waals surface area (Å²) in [6, 6.07) is 6.15. The van der Waals surface area contributed by atoms with E-state index >= 15 is 0 Å². The fourth-order valence-corrected chi connectivity index (χ4v) is 3.93. The molecule has 0 aliphatic rings. The first-order valence-electron chi connectivity index (χ1n) is 8.48. The van der Waals surface area contributed by atoms with Crippen LogP contribution in [-0.2, 0) is 14.8 Å². The normalized spacial score (nSPS) is 11.9. The van der Waals surface area contributed by atoms with Crippen LogP contribution in [0.1, 0.15) is 45.0 Å². The second-order valence-corrected chi connectivity index (χ2v) is 10.2. The van der Waals surface area contributed by atoms with Crippen LogP contribution in [0.3, 0.4) is 0 Å². The van der Waals surface area contributed by atoms with E-state index in [4.69, 9.17) is 0 Å². The summed E-state index contributed by atoms with van der Waals surface area (Å²) in [6.45, 7) is 8.78. The van der Waals surface area contributed by atoms with E-state index in [1.807, 2.05) is 0 Å². The van der Waals surface area contributed by atoms with Gasteiger partial charge in [0.2, 0.25) is 11.0 Å². The maximum absolute atomic E-state index is 12.6. The van der Waals surface area contributed by atoms with Gasteiger partial charge in [-0.2, -0.15) is 8.42 Å². The molecular weight excluding hydrogens is 402 g/mol. The molecule has 3 N–H and O–H groups in total. The first kappa shape index (κ1) is 21.8. The van der Waals surface area contributed by atoms with Crippen LogP contribution in [0, 0.1) is 5.41 Å². The summed E-state index contributed by atoms with van der Waals surface area (Å²) in [5.74, 6) is -0.708. The van der Waals surface area contributed by atoms with E-state index in [2.05, 4.69) is 25.6 Å². The Kier molecular flexibility index (Phi) is 6.40. The second kappa shape index (κ2) is 8.23. The van der Waals surface area contributed by atoms with Gasteiger partial charge in [-0.25, -0.2) is 0 Å². The molecule has 0 fully saturated rings. The smallest absolute Gasteiger partial charge is 0.291 e. The summed E-state index contributed by atoms with van der Waals surface area (Å²) in [7, 11) is -4.08. The Morgan fingerprint density at radius 2 is 1.75 bits per heavy atom. The van der Waals surface area contributed by atoms with Crippen molar-refractivity contribution in [1.82, 2.24) is 15.5 Å². The number of nitrogens with zero attached hydrogens (tertiary/aromatic N) is 2. The van der Waals surface area contributed by atoms with Gasteiger partial charge in [0.15, 0.2) is 0 Å². The lowest BCUT2D eigenvalue weighted by molar-refractivity contribution is -0.123. The first-order chi connectivity index (χ1) is 12.9. The van der Waals surface area contributed by atoms with Crippen molar-refractivity contribution < 1.29 is 18.0 Å². The molecule has 152 valence electrons. The summed E-state index contributed by atoms with van der Waals surface area (Å²) in [4.78, 5) is 24.3. The van der Waals surface area contributed by atoms with Crippen LogP contribution >= 0.6 is 11.3 Å². The summed E-state index contributed by atoms with van der Waals surface area (Å²) in [6.07, 6.45) is 0. The topological polar surface area (TPSA) is 130 Å². The molecule has 11 heteroatoms. The van der Waals surface area contributed by atoms with Crippen molar-refractivity contribution in [3.8, 4) is 0 Å². The van der Waals surface area contributed by atoms with Gasteiger partial charge in [0, 0.05) is 11.5 Å². The molecule has 9 nitrogen and oxygen atoms in total. The van der Waals surface area contributed by atoms with Crippen molar-refractivity contribution in [3.63, 3.8) is 0 Å². The number of rotatable bonds is 6. The van der Waals surface area contributed by atoms with Gasteiger partial charge >= 0.3 is 0 Å². The van der Waals surface area contributed by atoms with E-state index in [1.54, 1.807) is 46.8 Å². The van der Waals surface area contributed by atoms with E-state index in [-0.39, 0.29) is 32.7 Å². The van der Waals surface area contributed by atoms with Crippen molar-refractivity contribution >= 4 is 44.0 Å². The van der Waals surface area contributed by atoms with Gasteiger partial charge in [0.25, 0.3) is 20.3 Å². The molecule has 0 aliphatic carbocycles. The third-order valence-corrected chi connectivity index (χ3v) is 5.95. The number of hydrogen-bond donors (Lipinski definition) is 3. The summed E-state index contributed by atoms with van der Waals surface area (Å²) < 4.78 is 27.3. The quantitative estimate of drug-likeness (QED) is 0.610. The fourth-order valence-electron chi connectivity index (χ4n) is 1.95. The lowest BCUT2D eigenvalue weighted by Gasteiger charge is -2.15. The minimum Gasteiger partial charge on any atom is -0.350 e. The maximum Gasteiger partial charge on any atom is 0.291 e. The standard InChI is InChI=1S/C17H23N5O4S2/c1-10(2)18-13(23)11-8-6-7-9-12(11)22-28(25,26)16-21-20-15(27-16)19-14(24)17(3,4)5/h6-10,22H,1-5H3,(H,18,23)(H,19,20,24). The number of aromatic nitrogens is 2. The Labute approximate surface area is 168 Å². The molecule has 0 spiro atoms. The van der Waals surface area contributed by atoms with Gasteiger partial charge in [-0.15, -0.1) is 10.2 Å².